The molecule has 7 heteroatoms. The van der Waals surface area contributed by atoms with Crippen LogP contribution in [0.5, 0.6) is 0 Å². The van der Waals surface area contributed by atoms with Crippen molar-refractivity contribution in [3.05, 3.63) is 90.0 Å². The summed E-state index contributed by atoms with van der Waals surface area (Å²) in [6.45, 7) is 8.05. The van der Waals surface area contributed by atoms with Crippen molar-refractivity contribution in [3.8, 4) is 22.9 Å². The molecule has 0 atom stereocenters. The number of carbonyl (C=O) groups excluding carboxylic acids is 1. The molecule has 1 fully saturated rings. The number of nitrogens with zero attached hydrogens (tertiary/aromatic N) is 4. The van der Waals surface area contributed by atoms with Gasteiger partial charge in [-0.2, -0.15) is 0 Å². The van der Waals surface area contributed by atoms with Gasteiger partial charge in [-0.25, -0.2) is 0 Å². The molecule has 0 bridgehead atoms. The summed E-state index contributed by atoms with van der Waals surface area (Å²) in [5, 5.41) is 11.4. The van der Waals surface area contributed by atoms with Gasteiger partial charge in [0.05, 0.1) is 0 Å². The number of carbonyl (C=O) groups is 1. The van der Waals surface area contributed by atoms with E-state index in [9.17, 15) is 4.79 Å². The van der Waals surface area contributed by atoms with Crippen LogP contribution in [-0.4, -0.2) is 60.3 Å². The van der Waals surface area contributed by atoms with Gasteiger partial charge in [-0.1, -0.05) is 36.4 Å². The van der Waals surface area contributed by atoms with Gasteiger partial charge >= 0.3 is 0 Å². The average Bonchev–Trinajstić information content (AvgIpc) is 3.44. The Bertz CT molecular complexity index is 1300. The van der Waals surface area contributed by atoms with Crippen LogP contribution in [0.4, 0.5) is 5.69 Å². The lowest BCUT2D eigenvalue weighted by Gasteiger charge is -2.36. The van der Waals surface area contributed by atoms with Crippen LogP contribution >= 0.6 is 0 Å². The Morgan fingerprint density at radius 1 is 0.838 bits per heavy atom. The molecule has 0 unspecified atom stereocenters. The Labute approximate surface area is 218 Å². The summed E-state index contributed by atoms with van der Waals surface area (Å²) in [6.07, 6.45) is 2.04. The zero-order chi connectivity index (χ0) is 25.5. The van der Waals surface area contributed by atoms with Crippen molar-refractivity contribution in [1.82, 2.24) is 20.4 Å². The molecule has 0 saturated carbocycles. The van der Waals surface area contributed by atoms with E-state index in [0.29, 0.717) is 23.9 Å². The Balaban J connectivity index is 1.03. The largest absolute Gasteiger partial charge is 0.416 e. The predicted octanol–water partition coefficient (Wildman–Crippen LogP) is 5.04. The van der Waals surface area contributed by atoms with Crippen LogP contribution < -0.4 is 10.2 Å². The maximum Gasteiger partial charge on any atom is 0.251 e. The van der Waals surface area contributed by atoms with E-state index in [-0.39, 0.29) is 5.91 Å². The number of aryl methyl sites for hydroxylation is 1. The SMILES string of the molecule is Cc1ccccc1-c1nnc(-c2ccc(C(=O)NCCCCN3CCN(c4ccccc4)CC3)cc2)o1. The normalized spacial score (nSPS) is 14.0. The second kappa shape index (κ2) is 11.8. The number of hydrogen-bond acceptors (Lipinski definition) is 6. The molecule has 7 nitrogen and oxygen atoms in total. The third-order valence-electron chi connectivity index (χ3n) is 6.87. The lowest BCUT2D eigenvalue weighted by Crippen LogP contribution is -2.46. The minimum atomic E-state index is -0.0610. The zero-order valence-electron chi connectivity index (χ0n) is 21.3. The summed E-state index contributed by atoms with van der Waals surface area (Å²) in [7, 11) is 0. The smallest absolute Gasteiger partial charge is 0.251 e. The van der Waals surface area contributed by atoms with Gasteiger partial charge in [0, 0.05) is 55.1 Å². The topological polar surface area (TPSA) is 74.5 Å². The summed E-state index contributed by atoms with van der Waals surface area (Å²) in [5.74, 6) is 0.872. The van der Waals surface area contributed by atoms with Crippen LogP contribution in [-0.2, 0) is 0 Å². The van der Waals surface area contributed by atoms with Crippen molar-refractivity contribution < 1.29 is 9.21 Å². The van der Waals surface area contributed by atoms with Crippen molar-refractivity contribution in [1.29, 1.82) is 0 Å². The van der Waals surface area contributed by atoms with E-state index in [1.165, 1.54) is 5.69 Å². The number of para-hydroxylation sites is 1. The van der Waals surface area contributed by atoms with Crippen molar-refractivity contribution in [2.75, 3.05) is 44.2 Å². The number of nitrogens with one attached hydrogen (secondary N) is 1. The first-order chi connectivity index (χ1) is 18.2. The van der Waals surface area contributed by atoms with Gasteiger partial charge in [0.25, 0.3) is 5.91 Å². The van der Waals surface area contributed by atoms with Crippen LogP contribution in [0.2, 0.25) is 0 Å². The minimum absolute atomic E-state index is 0.0610. The highest BCUT2D eigenvalue weighted by Crippen LogP contribution is 2.26. The highest BCUT2D eigenvalue weighted by atomic mass is 16.4. The molecule has 1 aliphatic heterocycles. The molecule has 0 aliphatic carbocycles. The van der Waals surface area contributed by atoms with Crippen LogP contribution in [0.25, 0.3) is 22.9 Å². The maximum atomic E-state index is 12.6. The molecule has 190 valence electrons. The van der Waals surface area contributed by atoms with Gasteiger partial charge in [0.2, 0.25) is 11.8 Å². The highest BCUT2D eigenvalue weighted by Gasteiger charge is 2.17. The van der Waals surface area contributed by atoms with E-state index in [4.69, 9.17) is 4.42 Å². The van der Waals surface area contributed by atoms with Gasteiger partial charge in [0.1, 0.15) is 0 Å². The second-order valence-corrected chi connectivity index (χ2v) is 9.43. The molecule has 4 aromatic rings. The molecule has 1 amide bonds. The molecule has 5 rings (SSSR count). The lowest BCUT2D eigenvalue weighted by molar-refractivity contribution is 0.0952. The summed E-state index contributed by atoms with van der Waals surface area (Å²) in [4.78, 5) is 17.5. The molecular formula is C30H33N5O2. The lowest BCUT2D eigenvalue weighted by atomic mass is 10.1. The predicted molar refractivity (Wildman–Crippen MR) is 147 cm³/mol. The van der Waals surface area contributed by atoms with Crippen LogP contribution in [0.3, 0.4) is 0 Å². The van der Waals surface area contributed by atoms with E-state index in [0.717, 1.165) is 62.3 Å². The molecule has 1 N–H and O–H groups in total. The van der Waals surface area contributed by atoms with E-state index in [1.54, 1.807) is 12.1 Å². The molecular weight excluding hydrogens is 462 g/mol. The first-order valence-corrected chi connectivity index (χ1v) is 13.0. The quantitative estimate of drug-likeness (QED) is 0.328. The Morgan fingerprint density at radius 3 is 2.30 bits per heavy atom. The average molecular weight is 496 g/mol. The molecule has 0 spiro atoms. The fourth-order valence-electron chi connectivity index (χ4n) is 4.66. The first kappa shape index (κ1) is 24.7. The van der Waals surface area contributed by atoms with Crippen molar-refractivity contribution in [2.24, 2.45) is 0 Å². The van der Waals surface area contributed by atoms with Crippen LogP contribution in [0, 0.1) is 6.92 Å². The number of anilines is 1. The number of hydrogen-bond donors (Lipinski definition) is 1. The third kappa shape index (κ3) is 6.24. The van der Waals surface area contributed by atoms with Crippen molar-refractivity contribution in [2.45, 2.75) is 19.8 Å². The number of unbranched alkanes of at least 4 members (excludes halogenated alkanes) is 1. The number of rotatable bonds is 9. The Morgan fingerprint density at radius 2 is 1.54 bits per heavy atom. The van der Waals surface area contributed by atoms with E-state index in [1.807, 2.05) is 43.3 Å². The third-order valence-corrected chi connectivity index (χ3v) is 6.87. The molecule has 1 aliphatic rings. The fourth-order valence-corrected chi connectivity index (χ4v) is 4.66. The molecule has 37 heavy (non-hydrogen) atoms. The molecule has 1 aromatic heterocycles. The summed E-state index contributed by atoms with van der Waals surface area (Å²) in [6, 6.07) is 25.8. The molecule has 3 aromatic carbocycles. The Kier molecular flexibility index (Phi) is 7.91. The van der Waals surface area contributed by atoms with Gasteiger partial charge < -0.3 is 14.6 Å². The van der Waals surface area contributed by atoms with E-state index >= 15 is 0 Å². The molecule has 2 heterocycles. The fraction of sp³-hybridized carbons (Fsp3) is 0.300. The van der Waals surface area contributed by atoms with Crippen LogP contribution in [0.1, 0.15) is 28.8 Å². The highest BCUT2D eigenvalue weighted by molar-refractivity contribution is 5.94. The monoisotopic (exact) mass is 495 g/mol. The van der Waals surface area contributed by atoms with Gasteiger partial charge in [-0.15, -0.1) is 10.2 Å². The van der Waals surface area contributed by atoms with Gasteiger partial charge in [-0.05, 0) is 74.3 Å². The summed E-state index contributed by atoms with van der Waals surface area (Å²) in [5.41, 5.74) is 4.72. The van der Waals surface area contributed by atoms with Gasteiger partial charge in [-0.3, -0.25) is 9.69 Å². The summed E-state index contributed by atoms with van der Waals surface area (Å²) < 4.78 is 5.88. The number of benzene rings is 3. The van der Waals surface area contributed by atoms with E-state index in [2.05, 4.69) is 55.6 Å². The van der Waals surface area contributed by atoms with Gasteiger partial charge in [0.15, 0.2) is 0 Å². The molecule has 0 radical (unpaired) electrons. The maximum absolute atomic E-state index is 12.6. The van der Waals surface area contributed by atoms with E-state index < -0.39 is 0 Å². The number of aromatic nitrogens is 2. The number of piperazine rings is 1. The standard InChI is InChI=1S/C30H33N5O2/c1-23-9-5-6-12-27(23)30-33-32-29(37-30)25-15-13-24(14-16-25)28(36)31-17-7-8-18-34-19-21-35(22-20-34)26-10-3-2-4-11-26/h2-6,9-16H,7-8,17-22H2,1H3,(H,31,36). The second-order valence-electron chi connectivity index (χ2n) is 9.43. The molecule has 1 saturated heterocycles. The first-order valence-electron chi connectivity index (χ1n) is 13.0. The van der Waals surface area contributed by atoms with Crippen molar-refractivity contribution in [3.63, 3.8) is 0 Å². The summed E-state index contributed by atoms with van der Waals surface area (Å²) >= 11 is 0. The van der Waals surface area contributed by atoms with Crippen LogP contribution in [0.15, 0.2) is 83.3 Å². The minimum Gasteiger partial charge on any atom is -0.416 e. The zero-order valence-corrected chi connectivity index (χ0v) is 21.3. The van der Waals surface area contributed by atoms with Crippen molar-refractivity contribution >= 4 is 11.6 Å². The Hall–Kier alpha value is -3.97. The number of amides is 1.